The van der Waals surface area contributed by atoms with Crippen LogP contribution < -0.4 is 0 Å². The van der Waals surface area contributed by atoms with Crippen LogP contribution in [0.1, 0.15) is 24.5 Å². The third kappa shape index (κ3) is 1.70. The molecule has 0 bridgehead atoms. The first-order chi connectivity index (χ1) is 7.75. The second-order valence-corrected chi connectivity index (χ2v) is 4.75. The fourth-order valence-electron chi connectivity index (χ4n) is 1.66. The SMILES string of the molecule is Clc1cccc(Cl)c1-n1cc(C2CC2)nn1. The van der Waals surface area contributed by atoms with Crippen LogP contribution in [0.5, 0.6) is 0 Å². The molecule has 2 aromatic rings. The largest absolute Gasteiger partial charge is 0.217 e. The Hall–Kier alpha value is -1.06. The van der Waals surface area contributed by atoms with E-state index in [-0.39, 0.29) is 0 Å². The van der Waals surface area contributed by atoms with Gasteiger partial charge in [0.05, 0.1) is 21.9 Å². The van der Waals surface area contributed by atoms with Gasteiger partial charge in [0.15, 0.2) is 0 Å². The van der Waals surface area contributed by atoms with Gasteiger partial charge in [-0.25, -0.2) is 4.68 Å². The summed E-state index contributed by atoms with van der Waals surface area (Å²) in [5.41, 5.74) is 1.72. The zero-order valence-electron chi connectivity index (χ0n) is 8.40. The molecule has 82 valence electrons. The van der Waals surface area contributed by atoms with Gasteiger partial charge < -0.3 is 0 Å². The smallest absolute Gasteiger partial charge is 0.104 e. The molecule has 1 heterocycles. The van der Waals surface area contributed by atoms with Gasteiger partial charge in [-0.05, 0) is 25.0 Å². The Morgan fingerprint density at radius 2 is 1.88 bits per heavy atom. The number of aromatic nitrogens is 3. The van der Waals surface area contributed by atoms with Gasteiger partial charge in [-0.2, -0.15) is 0 Å². The number of para-hydroxylation sites is 1. The Morgan fingerprint density at radius 1 is 1.19 bits per heavy atom. The van der Waals surface area contributed by atoms with Crippen LogP contribution in [0.3, 0.4) is 0 Å². The molecule has 1 saturated carbocycles. The third-order valence-corrected chi connectivity index (χ3v) is 3.28. The number of hydrogen-bond acceptors (Lipinski definition) is 2. The highest BCUT2D eigenvalue weighted by Gasteiger charge is 2.27. The van der Waals surface area contributed by atoms with Gasteiger partial charge in [-0.15, -0.1) is 5.10 Å². The highest BCUT2D eigenvalue weighted by molar-refractivity contribution is 6.37. The Balaban J connectivity index is 2.06. The van der Waals surface area contributed by atoms with Crippen LogP contribution in [0, 0.1) is 0 Å². The lowest BCUT2D eigenvalue weighted by molar-refractivity contribution is 0.797. The van der Waals surface area contributed by atoms with E-state index in [1.807, 2.05) is 12.3 Å². The number of halogens is 2. The maximum Gasteiger partial charge on any atom is 0.104 e. The van der Waals surface area contributed by atoms with Crippen molar-refractivity contribution in [3.05, 3.63) is 40.1 Å². The fraction of sp³-hybridized carbons (Fsp3) is 0.273. The van der Waals surface area contributed by atoms with Crippen molar-refractivity contribution in [2.24, 2.45) is 0 Å². The first-order valence-corrected chi connectivity index (χ1v) is 5.88. The average Bonchev–Trinajstić information content (AvgIpc) is 2.99. The number of rotatable bonds is 2. The lowest BCUT2D eigenvalue weighted by Crippen LogP contribution is -1.96. The van der Waals surface area contributed by atoms with Crippen LogP contribution in [0.2, 0.25) is 10.0 Å². The second-order valence-electron chi connectivity index (χ2n) is 3.93. The normalized spacial score (nSPS) is 15.4. The summed E-state index contributed by atoms with van der Waals surface area (Å²) < 4.78 is 1.65. The quantitative estimate of drug-likeness (QED) is 0.821. The van der Waals surface area contributed by atoms with Crippen molar-refractivity contribution in [3.63, 3.8) is 0 Å². The van der Waals surface area contributed by atoms with Crippen LogP contribution in [0.25, 0.3) is 5.69 Å². The molecule has 16 heavy (non-hydrogen) atoms. The van der Waals surface area contributed by atoms with E-state index in [0.717, 1.165) is 5.69 Å². The van der Waals surface area contributed by atoms with Crippen LogP contribution in [-0.4, -0.2) is 15.0 Å². The summed E-state index contributed by atoms with van der Waals surface area (Å²) >= 11 is 12.2. The summed E-state index contributed by atoms with van der Waals surface area (Å²) in [5.74, 6) is 0.579. The lowest BCUT2D eigenvalue weighted by Gasteiger charge is -2.04. The molecule has 0 aliphatic heterocycles. The predicted octanol–water partition coefficient (Wildman–Crippen LogP) is 3.45. The van der Waals surface area contributed by atoms with Crippen molar-refractivity contribution < 1.29 is 0 Å². The van der Waals surface area contributed by atoms with E-state index >= 15 is 0 Å². The summed E-state index contributed by atoms with van der Waals surface area (Å²) in [4.78, 5) is 0. The van der Waals surface area contributed by atoms with Crippen molar-refractivity contribution >= 4 is 23.2 Å². The maximum absolute atomic E-state index is 6.10. The molecule has 0 spiro atoms. The molecule has 0 amide bonds. The molecule has 0 atom stereocenters. The minimum Gasteiger partial charge on any atom is -0.217 e. The Labute approximate surface area is 103 Å². The number of hydrogen-bond donors (Lipinski definition) is 0. The highest BCUT2D eigenvalue weighted by Crippen LogP contribution is 2.39. The molecular weight excluding hydrogens is 245 g/mol. The van der Waals surface area contributed by atoms with E-state index in [2.05, 4.69) is 10.3 Å². The van der Waals surface area contributed by atoms with Gasteiger partial charge in [0, 0.05) is 5.92 Å². The maximum atomic E-state index is 6.10. The van der Waals surface area contributed by atoms with E-state index < -0.39 is 0 Å². The zero-order chi connectivity index (χ0) is 11.1. The topological polar surface area (TPSA) is 30.7 Å². The van der Waals surface area contributed by atoms with Crippen LogP contribution in [-0.2, 0) is 0 Å². The van der Waals surface area contributed by atoms with Crippen molar-refractivity contribution in [2.45, 2.75) is 18.8 Å². The molecule has 1 aliphatic carbocycles. The number of benzene rings is 1. The molecular formula is C11H9Cl2N3. The Kier molecular flexibility index (Phi) is 2.37. The van der Waals surface area contributed by atoms with Crippen LogP contribution in [0.4, 0.5) is 0 Å². The van der Waals surface area contributed by atoms with E-state index in [1.165, 1.54) is 12.8 Å². The summed E-state index contributed by atoms with van der Waals surface area (Å²) in [6.45, 7) is 0. The summed E-state index contributed by atoms with van der Waals surface area (Å²) in [6.07, 6.45) is 4.31. The molecule has 3 nitrogen and oxygen atoms in total. The highest BCUT2D eigenvalue weighted by atomic mass is 35.5. The minimum absolute atomic E-state index is 0.579. The van der Waals surface area contributed by atoms with E-state index in [0.29, 0.717) is 21.7 Å². The predicted molar refractivity (Wildman–Crippen MR) is 63.4 cm³/mol. The van der Waals surface area contributed by atoms with E-state index in [4.69, 9.17) is 23.2 Å². The van der Waals surface area contributed by atoms with Crippen molar-refractivity contribution in [3.8, 4) is 5.69 Å². The van der Waals surface area contributed by atoms with E-state index in [1.54, 1.807) is 16.8 Å². The van der Waals surface area contributed by atoms with Crippen LogP contribution >= 0.6 is 23.2 Å². The summed E-state index contributed by atoms with van der Waals surface area (Å²) in [6, 6.07) is 5.40. The van der Waals surface area contributed by atoms with Gasteiger partial charge in [0.1, 0.15) is 5.69 Å². The van der Waals surface area contributed by atoms with Crippen LogP contribution in [0.15, 0.2) is 24.4 Å². The average molecular weight is 254 g/mol. The second kappa shape index (κ2) is 3.75. The molecule has 5 heteroatoms. The monoisotopic (exact) mass is 253 g/mol. The minimum atomic E-state index is 0.579. The van der Waals surface area contributed by atoms with Gasteiger partial charge in [0.25, 0.3) is 0 Å². The molecule has 0 saturated heterocycles. The third-order valence-electron chi connectivity index (χ3n) is 2.67. The Morgan fingerprint density at radius 3 is 2.50 bits per heavy atom. The van der Waals surface area contributed by atoms with Gasteiger partial charge >= 0.3 is 0 Å². The van der Waals surface area contributed by atoms with Crippen molar-refractivity contribution in [2.75, 3.05) is 0 Å². The van der Waals surface area contributed by atoms with Gasteiger partial charge in [-0.1, -0.05) is 34.5 Å². The molecule has 1 fully saturated rings. The zero-order valence-corrected chi connectivity index (χ0v) is 9.91. The molecule has 1 aliphatic rings. The molecule has 1 aromatic heterocycles. The van der Waals surface area contributed by atoms with Gasteiger partial charge in [-0.3, -0.25) is 0 Å². The summed E-state index contributed by atoms with van der Waals surface area (Å²) in [7, 11) is 0. The molecule has 3 rings (SSSR count). The molecule has 1 aromatic carbocycles. The first kappa shape index (κ1) is 10.1. The van der Waals surface area contributed by atoms with Crippen molar-refractivity contribution in [1.29, 1.82) is 0 Å². The Bertz CT molecular complexity index is 512. The summed E-state index contributed by atoms with van der Waals surface area (Å²) in [5, 5.41) is 9.37. The standard InChI is InChI=1S/C11H9Cl2N3/c12-8-2-1-3-9(13)11(8)16-6-10(14-15-16)7-4-5-7/h1-3,6-7H,4-5H2. The first-order valence-electron chi connectivity index (χ1n) is 5.12. The van der Waals surface area contributed by atoms with Crippen molar-refractivity contribution in [1.82, 2.24) is 15.0 Å². The van der Waals surface area contributed by atoms with E-state index in [9.17, 15) is 0 Å². The molecule has 0 radical (unpaired) electrons. The van der Waals surface area contributed by atoms with Gasteiger partial charge in [0.2, 0.25) is 0 Å². The fourth-order valence-corrected chi connectivity index (χ4v) is 2.23. The lowest BCUT2D eigenvalue weighted by atomic mass is 10.3. The molecule has 0 unspecified atom stereocenters. The molecule has 0 N–H and O–H groups in total. The number of nitrogens with zero attached hydrogens (tertiary/aromatic N) is 3.